The fourth-order valence-electron chi connectivity index (χ4n) is 3.49. The van der Waals surface area contributed by atoms with Crippen molar-refractivity contribution in [3.05, 3.63) is 101 Å². The highest BCUT2D eigenvalue weighted by Gasteiger charge is 2.20. The summed E-state index contributed by atoms with van der Waals surface area (Å²) in [5.74, 6) is -0.669. The first-order chi connectivity index (χ1) is 16.9. The predicted molar refractivity (Wildman–Crippen MR) is 139 cm³/mol. The maximum atomic E-state index is 12.8. The number of halogens is 1. The van der Waals surface area contributed by atoms with Gasteiger partial charge in [0.1, 0.15) is 0 Å². The quantitative estimate of drug-likeness (QED) is 0.350. The van der Waals surface area contributed by atoms with E-state index < -0.39 is 6.04 Å². The molecule has 0 spiro atoms. The van der Waals surface area contributed by atoms with Gasteiger partial charge in [0.05, 0.1) is 23.0 Å². The third-order valence-corrected chi connectivity index (χ3v) is 6.09. The number of anilines is 1. The maximum absolute atomic E-state index is 12.8. The van der Waals surface area contributed by atoms with E-state index in [1.54, 1.807) is 24.3 Å². The average Bonchev–Trinajstić information content (AvgIpc) is 2.87. The van der Waals surface area contributed by atoms with Crippen LogP contribution in [0.15, 0.2) is 78.9 Å². The van der Waals surface area contributed by atoms with Crippen molar-refractivity contribution < 1.29 is 14.4 Å². The Bertz CT molecular complexity index is 1170. The Hall–Kier alpha value is -3.64. The first-order valence-corrected chi connectivity index (χ1v) is 12.0. The van der Waals surface area contributed by atoms with Gasteiger partial charge in [-0.25, -0.2) is 0 Å². The molecule has 0 aliphatic rings. The molecule has 0 fully saturated rings. The second-order valence-electron chi connectivity index (χ2n) is 8.40. The van der Waals surface area contributed by atoms with Gasteiger partial charge in [-0.3, -0.25) is 14.4 Å². The van der Waals surface area contributed by atoms with Crippen molar-refractivity contribution in [2.75, 3.05) is 5.32 Å². The highest BCUT2D eigenvalue weighted by molar-refractivity contribution is 6.33. The Morgan fingerprint density at radius 1 is 0.914 bits per heavy atom. The van der Waals surface area contributed by atoms with Crippen molar-refractivity contribution in [3.8, 4) is 0 Å². The molecule has 182 valence electrons. The van der Waals surface area contributed by atoms with Crippen molar-refractivity contribution in [2.45, 2.75) is 39.3 Å². The molecule has 3 aromatic rings. The van der Waals surface area contributed by atoms with Crippen LogP contribution in [0.4, 0.5) is 5.69 Å². The minimum Gasteiger partial charge on any atom is -0.352 e. The van der Waals surface area contributed by atoms with Gasteiger partial charge < -0.3 is 16.0 Å². The SMILES string of the molecule is CCC(C)C(=O)Nc1cccc(CNC(=O)CC(NC(=O)c2ccccc2Cl)c2ccccc2)c1. The van der Waals surface area contributed by atoms with Gasteiger partial charge in [-0.15, -0.1) is 0 Å². The minimum absolute atomic E-state index is 0.0337. The van der Waals surface area contributed by atoms with Crippen LogP contribution in [-0.2, 0) is 16.1 Å². The van der Waals surface area contributed by atoms with Crippen molar-refractivity contribution >= 4 is 35.0 Å². The lowest BCUT2D eigenvalue weighted by Gasteiger charge is -2.19. The van der Waals surface area contributed by atoms with Crippen LogP contribution < -0.4 is 16.0 Å². The summed E-state index contributed by atoms with van der Waals surface area (Å²) >= 11 is 6.18. The molecule has 0 heterocycles. The van der Waals surface area contributed by atoms with E-state index in [1.165, 1.54) is 0 Å². The Morgan fingerprint density at radius 2 is 1.63 bits per heavy atom. The second-order valence-corrected chi connectivity index (χ2v) is 8.80. The summed E-state index contributed by atoms with van der Waals surface area (Å²) in [6, 6.07) is 23.0. The van der Waals surface area contributed by atoms with Gasteiger partial charge >= 0.3 is 0 Å². The van der Waals surface area contributed by atoms with Gasteiger partial charge in [0.25, 0.3) is 5.91 Å². The molecule has 0 aromatic heterocycles. The van der Waals surface area contributed by atoms with Crippen molar-refractivity contribution in [1.82, 2.24) is 10.6 Å². The van der Waals surface area contributed by atoms with Crippen LogP contribution in [0.1, 0.15) is 54.2 Å². The van der Waals surface area contributed by atoms with E-state index in [-0.39, 0.29) is 30.1 Å². The second kappa shape index (κ2) is 12.7. The zero-order valence-corrected chi connectivity index (χ0v) is 20.6. The molecule has 3 aromatic carbocycles. The normalized spacial score (nSPS) is 12.3. The lowest BCUT2D eigenvalue weighted by Crippen LogP contribution is -2.33. The molecule has 2 atom stereocenters. The number of hydrogen-bond acceptors (Lipinski definition) is 3. The van der Waals surface area contributed by atoms with Crippen LogP contribution >= 0.6 is 11.6 Å². The number of hydrogen-bond donors (Lipinski definition) is 3. The Kier molecular flexibility index (Phi) is 9.44. The number of carbonyl (C=O) groups is 3. The fourth-order valence-corrected chi connectivity index (χ4v) is 3.71. The Balaban J connectivity index is 1.64. The fraction of sp³-hybridized carbons (Fsp3) is 0.250. The number of nitrogens with one attached hydrogen (secondary N) is 3. The van der Waals surface area contributed by atoms with Crippen molar-refractivity contribution in [1.29, 1.82) is 0 Å². The molecule has 0 bridgehead atoms. The van der Waals surface area contributed by atoms with E-state index in [1.807, 2.05) is 68.4 Å². The van der Waals surface area contributed by atoms with Gasteiger partial charge in [-0.05, 0) is 41.8 Å². The highest BCUT2D eigenvalue weighted by atomic mass is 35.5. The monoisotopic (exact) mass is 491 g/mol. The standard InChI is InChI=1S/C28H30ClN3O3/c1-3-19(2)27(34)31-22-13-9-10-20(16-22)18-30-26(33)17-25(21-11-5-4-6-12-21)32-28(35)23-14-7-8-15-24(23)29/h4-16,19,25H,3,17-18H2,1-2H3,(H,30,33)(H,31,34)(H,32,35). The van der Waals surface area contributed by atoms with Gasteiger partial charge in [-0.2, -0.15) is 0 Å². The molecule has 3 rings (SSSR count). The maximum Gasteiger partial charge on any atom is 0.253 e. The van der Waals surface area contributed by atoms with E-state index >= 15 is 0 Å². The summed E-state index contributed by atoms with van der Waals surface area (Å²) in [4.78, 5) is 37.8. The number of rotatable bonds is 10. The summed E-state index contributed by atoms with van der Waals surface area (Å²) in [6.45, 7) is 4.15. The summed E-state index contributed by atoms with van der Waals surface area (Å²) < 4.78 is 0. The van der Waals surface area contributed by atoms with Crippen molar-refractivity contribution in [2.24, 2.45) is 5.92 Å². The molecule has 0 saturated heterocycles. The van der Waals surface area contributed by atoms with Crippen LogP contribution in [0.2, 0.25) is 5.02 Å². The van der Waals surface area contributed by atoms with Crippen LogP contribution in [0.3, 0.4) is 0 Å². The van der Waals surface area contributed by atoms with E-state index in [2.05, 4.69) is 16.0 Å². The summed E-state index contributed by atoms with van der Waals surface area (Å²) in [5, 5.41) is 9.10. The Morgan fingerprint density at radius 3 is 2.34 bits per heavy atom. The van der Waals surface area contributed by atoms with Gasteiger partial charge in [0, 0.05) is 18.2 Å². The van der Waals surface area contributed by atoms with E-state index in [0.29, 0.717) is 22.8 Å². The van der Waals surface area contributed by atoms with Crippen molar-refractivity contribution in [3.63, 3.8) is 0 Å². The average molecular weight is 492 g/mol. The summed E-state index contributed by atoms with van der Waals surface area (Å²) in [5.41, 5.74) is 2.72. The number of carbonyl (C=O) groups excluding carboxylic acids is 3. The van der Waals surface area contributed by atoms with Crippen LogP contribution in [-0.4, -0.2) is 17.7 Å². The number of amides is 3. The highest BCUT2D eigenvalue weighted by Crippen LogP contribution is 2.20. The molecule has 0 aliphatic heterocycles. The predicted octanol–water partition coefficient (Wildman–Crippen LogP) is 5.50. The largest absolute Gasteiger partial charge is 0.352 e. The van der Waals surface area contributed by atoms with E-state index in [0.717, 1.165) is 17.5 Å². The van der Waals surface area contributed by atoms with E-state index in [4.69, 9.17) is 11.6 Å². The third-order valence-electron chi connectivity index (χ3n) is 5.76. The Labute approximate surface area is 211 Å². The summed E-state index contributed by atoms with van der Waals surface area (Å²) in [6.07, 6.45) is 0.821. The topological polar surface area (TPSA) is 87.3 Å². The first kappa shape index (κ1) is 26.0. The molecule has 2 unspecified atom stereocenters. The molecule has 35 heavy (non-hydrogen) atoms. The smallest absolute Gasteiger partial charge is 0.253 e. The molecular weight excluding hydrogens is 462 g/mol. The molecule has 0 aliphatic carbocycles. The van der Waals surface area contributed by atoms with Crippen LogP contribution in [0, 0.1) is 5.92 Å². The molecule has 0 radical (unpaired) electrons. The summed E-state index contributed by atoms with van der Waals surface area (Å²) in [7, 11) is 0. The molecular formula is C28H30ClN3O3. The molecule has 7 heteroatoms. The van der Waals surface area contributed by atoms with Crippen LogP contribution in [0.25, 0.3) is 0 Å². The number of benzene rings is 3. The molecule has 0 saturated carbocycles. The van der Waals surface area contributed by atoms with Gasteiger partial charge in [-0.1, -0.05) is 80.0 Å². The van der Waals surface area contributed by atoms with Crippen LogP contribution in [0.5, 0.6) is 0 Å². The molecule has 3 amide bonds. The lowest BCUT2D eigenvalue weighted by molar-refractivity contribution is -0.122. The third kappa shape index (κ3) is 7.69. The molecule has 6 nitrogen and oxygen atoms in total. The zero-order valence-electron chi connectivity index (χ0n) is 19.9. The van der Waals surface area contributed by atoms with E-state index in [9.17, 15) is 14.4 Å². The lowest BCUT2D eigenvalue weighted by atomic mass is 10.0. The zero-order chi connectivity index (χ0) is 25.2. The van der Waals surface area contributed by atoms with Gasteiger partial charge in [0.2, 0.25) is 11.8 Å². The molecule has 3 N–H and O–H groups in total. The first-order valence-electron chi connectivity index (χ1n) is 11.6. The van der Waals surface area contributed by atoms with Gasteiger partial charge in [0.15, 0.2) is 0 Å². The minimum atomic E-state index is -0.527.